The van der Waals surface area contributed by atoms with Gasteiger partial charge in [0.25, 0.3) is 0 Å². The Morgan fingerprint density at radius 3 is 1.74 bits per heavy atom. The Morgan fingerprint density at radius 1 is 0.824 bits per heavy atom. The van der Waals surface area contributed by atoms with Crippen LogP contribution in [0.15, 0.2) is 0 Å². The first-order valence-corrected chi connectivity index (χ1v) is 15.0. The second-order valence-electron chi connectivity index (χ2n) is 10.4. The van der Waals surface area contributed by atoms with Crippen molar-refractivity contribution in [1.82, 2.24) is 10.2 Å². The zero-order valence-electron chi connectivity index (χ0n) is 22.9. The molecule has 34 heavy (non-hydrogen) atoms. The lowest BCUT2D eigenvalue weighted by Crippen LogP contribution is -2.39. The maximum absolute atomic E-state index is 12.1. The minimum atomic E-state index is -4.09. The number of quaternary nitrogens is 1. The summed E-state index contributed by atoms with van der Waals surface area (Å²) in [7, 11) is 3.47. The predicted octanol–water partition coefficient (Wildman–Crippen LogP) is 5.95. The number of hydrogen-bond acceptors (Lipinski definition) is 4. The first-order chi connectivity index (χ1) is 16.1. The molecular weight excluding hydrogens is 453 g/mol. The van der Waals surface area contributed by atoms with Gasteiger partial charge < -0.3 is 19.6 Å². The van der Waals surface area contributed by atoms with Crippen LogP contribution in [-0.4, -0.2) is 81.3 Å². The van der Waals surface area contributed by atoms with E-state index in [1.165, 1.54) is 81.9 Å². The van der Waals surface area contributed by atoms with Crippen LogP contribution in [0.5, 0.6) is 0 Å². The van der Waals surface area contributed by atoms with E-state index in [4.69, 9.17) is 9.05 Å². The highest BCUT2D eigenvalue weighted by Crippen LogP contribution is 2.42. The zero-order chi connectivity index (χ0) is 25.7. The topological polar surface area (TPSA) is 88.1 Å². The van der Waals surface area contributed by atoms with Crippen LogP contribution in [-0.2, 0) is 13.6 Å². The molecule has 0 heterocycles. The van der Waals surface area contributed by atoms with E-state index >= 15 is 0 Å². The number of phosphoric acid groups is 1. The van der Waals surface area contributed by atoms with Crippen molar-refractivity contribution < 1.29 is 27.8 Å². The molecular formula is C25H55N3O5P+. The van der Waals surface area contributed by atoms with Gasteiger partial charge in [0.15, 0.2) is 0 Å². The first kappa shape index (κ1) is 33.3. The van der Waals surface area contributed by atoms with Gasteiger partial charge in [-0.2, -0.15) is 0 Å². The highest BCUT2D eigenvalue weighted by atomic mass is 31.2. The molecule has 0 radical (unpaired) electrons. The highest BCUT2D eigenvalue weighted by Gasteiger charge is 2.22. The first-order valence-electron chi connectivity index (χ1n) is 13.5. The largest absolute Gasteiger partial charge is 0.472 e. The SMILES string of the molecule is CCCCCCCCCCCCCCCCNC(=O)N(C)CCOP(=O)(O)OCC[N+](C)(C)C. The second-order valence-corrected chi connectivity index (χ2v) is 11.9. The average molecular weight is 509 g/mol. The Balaban J connectivity index is 3.56. The molecule has 0 fully saturated rings. The van der Waals surface area contributed by atoms with E-state index in [0.717, 1.165) is 12.8 Å². The van der Waals surface area contributed by atoms with Crippen LogP contribution in [0.1, 0.15) is 96.8 Å². The Morgan fingerprint density at radius 2 is 1.26 bits per heavy atom. The van der Waals surface area contributed by atoms with E-state index in [1.807, 2.05) is 21.1 Å². The van der Waals surface area contributed by atoms with Gasteiger partial charge in [-0.15, -0.1) is 0 Å². The molecule has 204 valence electrons. The van der Waals surface area contributed by atoms with Crippen LogP contribution in [0.25, 0.3) is 0 Å². The number of nitrogens with zero attached hydrogens (tertiary/aromatic N) is 2. The summed E-state index contributed by atoms with van der Waals surface area (Å²) in [5.74, 6) is 0. The van der Waals surface area contributed by atoms with Crippen molar-refractivity contribution in [3.63, 3.8) is 0 Å². The lowest BCUT2D eigenvalue weighted by Gasteiger charge is -2.24. The number of carbonyl (C=O) groups excluding carboxylic acids is 1. The van der Waals surface area contributed by atoms with Gasteiger partial charge in [-0.3, -0.25) is 9.05 Å². The standard InChI is InChI=1S/C25H54N3O5P/c1-6-7-8-9-10-11-12-13-14-15-16-17-18-19-20-26-25(29)27(2)21-23-32-34(30,31)33-24-22-28(3,4)5/h6-24H2,1-5H3,(H-,26,29,30,31)/p+1. The number of phosphoric ester groups is 1. The van der Waals surface area contributed by atoms with Gasteiger partial charge in [0, 0.05) is 20.1 Å². The summed E-state index contributed by atoms with van der Waals surface area (Å²) in [5, 5.41) is 2.89. The maximum atomic E-state index is 12.1. The molecule has 0 aliphatic carbocycles. The molecule has 2 N–H and O–H groups in total. The van der Waals surface area contributed by atoms with Gasteiger partial charge in [-0.05, 0) is 6.42 Å². The Labute approximate surface area is 210 Å². The van der Waals surface area contributed by atoms with E-state index in [2.05, 4.69) is 12.2 Å². The molecule has 0 aromatic heterocycles. The lowest BCUT2D eigenvalue weighted by molar-refractivity contribution is -0.870. The number of nitrogens with one attached hydrogen (secondary N) is 1. The number of rotatable bonds is 23. The lowest BCUT2D eigenvalue weighted by atomic mass is 10.0. The molecule has 0 aromatic carbocycles. The fourth-order valence-electron chi connectivity index (χ4n) is 3.51. The minimum absolute atomic E-state index is 0.0546. The van der Waals surface area contributed by atoms with E-state index < -0.39 is 7.82 Å². The summed E-state index contributed by atoms with van der Waals surface area (Å²) < 4.78 is 22.4. The van der Waals surface area contributed by atoms with Gasteiger partial charge in [-0.25, -0.2) is 9.36 Å². The number of hydrogen-bond donors (Lipinski definition) is 2. The van der Waals surface area contributed by atoms with Crippen LogP contribution in [0.3, 0.4) is 0 Å². The number of urea groups is 1. The molecule has 1 atom stereocenters. The van der Waals surface area contributed by atoms with Crippen molar-refractivity contribution in [2.45, 2.75) is 96.8 Å². The molecule has 0 aliphatic heterocycles. The molecule has 9 heteroatoms. The van der Waals surface area contributed by atoms with Crippen molar-refractivity contribution in [3.05, 3.63) is 0 Å². The maximum Gasteiger partial charge on any atom is 0.472 e. The molecule has 0 bridgehead atoms. The average Bonchev–Trinajstić information content (AvgIpc) is 2.75. The van der Waals surface area contributed by atoms with Gasteiger partial charge >= 0.3 is 13.9 Å². The van der Waals surface area contributed by atoms with Crippen LogP contribution >= 0.6 is 7.82 Å². The van der Waals surface area contributed by atoms with Crippen molar-refractivity contribution in [3.8, 4) is 0 Å². The Kier molecular flexibility index (Phi) is 20.1. The third-order valence-electron chi connectivity index (χ3n) is 5.85. The van der Waals surface area contributed by atoms with Crippen molar-refractivity contribution in [2.24, 2.45) is 0 Å². The van der Waals surface area contributed by atoms with E-state index in [-0.39, 0.29) is 25.8 Å². The second kappa shape index (κ2) is 20.5. The molecule has 0 spiro atoms. The minimum Gasteiger partial charge on any atom is -0.338 e. The van der Waals surface area contributed by atoms with Gasteiger partial charge in [0.1, 0.15) is 13.2 Å². The predicted molar refractivity (Wildman–Crippen MR) is 141 cm³/mol. The molecule has 0 rings (SSSR count). The van der Waals surface area contributed by atoms with Crippen LogP contribution in [0, 0.1) is 0 Å². The van der Waals surface area contributed by atoms with E-state index in [1.54, 1.807) is 7.05 Å². The number of likely N-dealkylation sites (N-methyl/N-ethyl adjacent to an activating group) is 2. The fourth-order valence-corrected chi connectivity index (χ4v) is 4.21. The van der Waals surface area contributed by atoms with E-state index in [0.29, 0.717) is 17.6 Å². The third-order valence-corrected chi connectivity index (χ3v) is 6.87. The van der Waals surface area contributed by atoms with Crippen molar-refractivity contribution >= 4 is 13.9 Å². The number of amides is 2. The molecule has 0 aliphatic rings. The monoisotopic (exact) mass is 508 g/mol. The summed E-state index contributed by atoms with van der Waals surface area (Å²) in [6.07, 6.45) is 18.3. The zero-order valence-corrected chi connectivity index (χ0v) is 23.8. The summed E-state index contributed by atoms with van der Waals surface area (Å²) >= 11 is 0. The quantitative estimate of drug-likeness (QED) is 0.101. The summed E-state index contributed by atoms with van der Waals surface area (Å²) in [6, 6.07) is -0.197. The fraction of sp³-hybridized carbons (Fsp3) is 0.960. The van der Waals surface area contributed by atoms with Crippen molar-refractivity contribution in [2.75, 3.05) is 61.0 Å². The summed E-state index contributed by atoms with van der Waals surface area (Å²) in [5.41, 5.74) is 0. The molecule has 1 unspecified atom stereocenters. The van der Waals surface area contributed by atoms with Gasteiger partial charge in [-0.1, -0.05) is 90.4 Å². The number of carbonyl (C=O) groups is 1. The normalized spacial score (nSPS) is 13.6. The number of unbranched alkanes of at least 4 members (excludes halogenated alkanes) is 13. The Hall–Kier alpha value is -0.660. The summed E-state index contributed by atoms with van der Waals surface area (Å²) in [6.45, 7) is 3.80. The van der Waals surface area contributed by atoms with Crippen molar-refractivity contribution in [1.29, 1.82) is 0 Å². The molecule has 0 saturated heterocycles. The van der Waals surface area contributed by atoms with Gasteiger partial charge in [0.05, 0.1) is 27.7 Å². The van der Waals surface area contributed by atoms with Crippen LogP contribution < -0.4 is 5.32 Å². The smallest absolute Gasteiger partial charge is 0.338 e. The van der Waals surface area contributed by atoms with Crippen LogP contribution in [0.2, 0.25) is 0 Å². The third kappa shape index (κ3) is 23.1. The highest BCUT2D eigenvalue weighted by molar-refractivity contribution is 7.47. The van der Waals surface area contributed by atoms with E-state index in [9.17, 15) is 14.3 Å². The molecule has 8 nitrogen and oxygen atoms in total. The summed E-state index contributed by atoms with van der Waals surface area (Å²) in [4.78, 5) is 23.3. The van der Waals surface area contributed by atoms with Gasteiger partial charge in [0.2, 0.25) is 0 Å². The van der Waals surface area contributed by atoms with Crippen LogP contribution in [0.4, 0.5) is 4.79 Å². The molecule has 2 amide bonds. The molecule has 0 aromatic rings. The molecule has 0 saturated carbocycles. The Bertz CT molecular complexity index is 543.